The van der Waals surface area contributed by atoms with E-state index in [0.29, 0.717) is 34.2 Å². The SMILES string of the molecule is O=C(OCC(=O)N1N=C(c2ccc(Cl)cc2)C[C@@H]1c1ccco1)c1ccc(-n2cnnn2)cc1. The zero-order valence-corrected chi connectivity index (χ0v) is 18.4. The fourth-order valence-corrected chi connectivity index (χ4v) is 3.69. The summed E-state index contributed by atoms with van der Waals surface area (Å²) < 4.78 is 12.2. The molecule has 0 N–H and O–H groups in total. The van der Waals surface area contributed by atoms with Gasteiger partial charge in [0.05, 0.1) is 23.2 Å². The Morgan fingerprint density at radius 1 is 1.09 bits per heavy atom. The standard InChI is InChI=1S/C23H17ClN6O4/c24-17-7-3-15(4-8-17)19-12-20(21-2-1-11-33-21)30(26-19)22(31)13-34-23(32)16-5-9-18(10-6-16)29-14-25-27-28-29/h1-11,14,20H,12-13H2/t20-/m1/s1. The van der Waals surface area contributed by atoms with Crippen LogP contribution in [0.2, 0.25) is 5.02 Å². The minimum Gasteiger partial charge on any atom is -0.467 e. The number of hydrogen-bond donors (Lipinski definition) is 0. The maximum atomic E-state index is 13.0. The van der Waals surface area contributed by atoms with E-state index >= 15 is 0 Å². The number of carbonyl (C=O) groups is 2. The fourth-order valence-electron chi connectivity index (χ4n) is 3.57. The molecule has 0 radical (unpaired) electrons. The lowest BCUT2D eigenvalue weighted by atomic mass is 10.0. The van der Waals surface area contributed by atoms with E-state index in [0.717, 1.165) is 5.56 Å². The van der Waals surface area contributed by atoms with E-state index in [4.69, 9.17) is 20.8 Å². The maximum Gasteiger partial charge on any atom is 0.338 e. The third-order valence-corrected chi connectivity index (χ3v) is 5.51. The third-order valence-electron chi connectivity index (χ3n) is 5.26. The van der Waals surface area contributed by atoms with Gasteiger partial charge in [0.1, 0.15) is 18.1 Å². The number of nitrogens with zero attached hydrogens (tertiary/aromatic N) is 6. The number of aromatic nitrogens is 4. The Morgan fingerprint density at radius 3 is 2.56 bits per heavy atom. The highest BCUT2D eigenvalue weighted by Gasteiger charge is 2.35. The van der Waals surface area contributed by atoms with Crippen LogP contribution < -0.4 is 0 Å². The normalized spacial score (nSPS) is 15.3. The molecule has 10 nitrogen and oxygen atoms in total. The first-order valence-corrected chi connectivity index (χ1v) is 10.7. The molecule has 0 aliphatic carbocycles. The second-order valence-corrected chi connectivity index (χ2v) is 7.84. The van der Waals surface area contributed by atoms with Gasteiger partial charge in [-0.25, -0.2) is 14.5 Å². The number of rotatable bonds is 6. The molecular formula is C23H17ClN6O4. The highest BCUT2D eigenvalue weighted by molar-refractivity contribution is 6.30. The van der Waals surface area contributed by atoms with Crippen molar-refractivity contribution < 1.29 is 18.7 Å². The molecule has 0 saturated heterocycles. The first kappa shape index (κ1) is 21.5. The molecule has 0 fully saturated rings. The van der Waals surface area contributed by atoms with Crippen LogP contribution in [0.1, 0.15) is 34.1 Å². The zero-order valence-electron chi connectivity index (χ0n) is 17.6. The van der Waals surface area contributed by atoms with Crippen LogP contribution in [0.4, 0.5) is 0 Å². The van der Waals surface area contributed by atoms with E-state index in [9.17, 15) is 9.59 Å². The Kier molecular flexibility index (Phi) is 5.88. The lowest BCUT2D eigenvalue weighted by molar-refractivity contribution is -0.136. The van der Waals surface area contributed by atoms with Crippen molar-refractivity contribution in [3.05, 3.63) is 95.2 Å². The molecule has 2 aromatic heterocycles. The summed E-state index contributed by atoms with van der Waals surface area (Å²) in [6.07, 6.45) is 3.43. The van der Waals surface area contributed by atoms with E-state index in [1.165, 1.54) is 22.3 Å². The molecule has 1 amide bonds. The van der Waals surface area contributed by atoms with Crippen LogP contribution in [-0.4, -0.2) is 49.4 Å². The number of benzene rings is 2. The number of amides is 1. The minimum atomic E-state index is -0.632. The van der Waals surface area contributed by atoms with E-state index in [1.54, 1.807) is 48.5 Å². The zero-order chi connectivity index (χ0) is 23.5. The number of hydrogen-bond acceptors (Lipinski definition) is 8. The summed E-state index contributed by atoms with van der Waals surface area (Å²) in [6.45, 7) is -0.470. The van der Waals surface area contributed by atoms with Crippen LogP contribution in [0, 0.1) is 0 Å². The Bertz CT molecular complexity index is 1320. The molecule has 0 spiro atoms. The summed E-state index contributed by atoms with van der Waals surface area (Å²) in [5, 5.41) is 17.3. The maximum absolute atomic E-state index is 13.0. The van der Waals surface area contributed by atoms with Crippen molar-refractivity contribution in [3.63, 3.8) is 0 Å². The van der Waals surface area contributed by atoms with Gasteiger partial charge in [-0.05, 0) is 64.5 Å². The highest BCUT2D eigenvalue weighted by Crippen LogP contribution is 2.33. The van der Waals surface area contributed by atoms with Crippen molar-refractivity contribution in [3.8, 4) is 5.69 Å². The van der Waals surface area contributed by atoms with Gasteiger partial charge in [0.25, 0.3) is 5.91 Å². The number of furan rings is 1. The Balaban J connectivity index is 1.28. The van der Waals surface area contributed by atoms with Crippen LogP contribution in [0.3, 0.4) is 0 Å². The van der Waals surface area contributed by atoms with Crippen LogP contribution in [-0.2, 0) is 9.53 Å². The van der Waals surface area contributed by atoms with E-state index < -0.39 is 24.5 Å². The van der Waals surface area contributed by atoms with Crippen molar-refractivity contribution in [1.29, 1.82) is 0 Å². The lowest BCUT2D eigenvalue weighted by Gasteiger charge is -2.19. The second kappa shape index (κ2) is 9.28. The first-order valence-electron chi connectivity index (χ1n) is 10.3. The molecule has 0 saturated carbocycles. The molecule has 5 rings (SSSR count). The molecule has 170 valence electrons. The number of hydrazone groups is 1. The third kappa shape index (κ3) is 4.44. The lowest BCUT2D eigenvalue weighted by Crippen LogP contribution is -2.31. The highest BCUT2D eigenvalue weighted by atomic mass is 35.5. The molecule has 1 atom stereocenters. The Labute approximate surface area is 198 Å². The van der Waals surface area contributed by atoms with Crippen molar-refractivity contribution in [2.24, 2.45) is 5.10 Å². The topological polar surface area (TPSA) is 116 Å². The van der Waals surface area contributed by atoms with Gasteiger partial charge in [-0.3, -0.25) is 4.79 Å². The predicted octanol–water partition coefficient (Wildman–Crippen LogP) is 3.44. The van der Waals surface area contributed by atoms with Crippen molar-refractivity contribution in [1.82, 2.24) is 25.2 Å². The second-order valence-electron chi connectivity index (χ2n) is 7.40. The van der Waals surface area contributed by atoms with Gasteiger partial charge < -0.3 is 9.15 Å². The summed E-state index contributed by atoms with van der Waals surface area (Å²) in [5.41, 5.74) is 2.52. The van der Waals surface area contributed by atoms with Gasteiger partial charge in [-0.1, -0.05) is 23.7 Å². The molecule has 11 heteroatoms. The summed E-state index contributed by atoms with van der Waals surface area (Å²) in [6, 6.07) is 16.8. The molecule has 3 heterocycles. The number of ether oxygens (including phenoxy) is 1. The molecule has 4 aromatic rings. The molecule has 34 heavy (non-hydrogen) atoms. The number of tetrazole rings is 1. The molecule has 1 aliphatic heterocycles. The fraction of sp³-hybridized carbons (Fsp3) is 0.130. The molecular weight excluding hydrogens is 460 g/mol. The summed E-state index contributed by atoms with van der Waals surface area (Å²) in [7, 11) is 0. The number of esters is 1. The van der Waals surface area contributed by atoms with Gasteiger partial charge in [-0.15, -0.1) is 5.10 Å². The van der Waals surface area contributed by atoms with Gasteiger partial charge in [0, 0.05) is 11.4 Å². The first-order chi connectivity index (χ1) is 16.6. The number of halogens is 1. The summed E-state index contributed by atoms with van der Waals surface area (Å²) >= 11 is 5.99. The summed E-state index contributed by atoms with van der Waals surface area (Å²) in [4.78, 5) is 25.5. The predicted molar refractivity (Wildman–Crippen MR) is 120 cm³/mol. The molecule has 0 bridgehead atoms. The van der Waals surface area contributed by atoms with Crippen molar-refractivity contribution >= 4 is 29.2 Å². The minimum absolute atomic E-state index is 0.291. The quantitative estimate of drug-likeness (QED) is 0.391. The molecule has 2 aromatic carbocycles. The largest absolute Gasteiger partial charge is 0.467 e. The van der Waals surface area contributed by atoms with Crippen molar-refractivity contribution in [2.75, 3.05) is 6.61 Å². The van der Waals surface area contributed by atoms with Gasteiger partial charge in [-0.2, -0.15) is 5.10 Å². The summed E-state index contributed by atoms with van der Waals surface area (Å²) in [5.74, 6) is -0.512. The average Bonchev–Trinajstić information content (AvgIpc) is 3.64. The molecule has 1 aliphatic rings. The smallest absolute Gasteiger partial charge is 0.338 e. The van der Waals surface area contributed by atoms with Crippen LogP contribution >= 0.6 is 11.6 Å². The van der Waals surface area contributed by atoms with Crippen LogP contribution in [0.25, 0.3) is 5.69 Å². The van der Waals surface area contributed by atoms with Gasteiger partial charge in [0.2, 0.25) is 0 Å². The van der Waals surface area contributed by atoms with Gasteiger partial charge >= 0.3 is 5.97 Å². The monoisotopic (exact) mass is 476 g/mol. The molecule has 0 unspecified atom stereocenters. The average molecular weight is 477 g/mol. The van der Waals surface area contributed by atoms with E-state index in [-0.39, 0.29) is 0 Å². The van der Waals surface area contributed by atoms with Gasteiger partial charge in [0.15, 0.2) is 6.61 Å². The van der Waals surface area contributed by atoms with E-state index in [1.807, 2.05) is 12.1 Å². The Hall–Kier alpha value is -4.31. The Morgan fingerprint density at radius 2 is 1.88 bits per heavy atom. The number of carbonyl (C=O) groups excluding carboxylic acids is 2. The van der Waals surface area contributed by atoms with E-state index in [2.05, 4.69) is 20.6 Å². The van der Waals surface area contributed by atoms with Crippen LogP contribution in [0.15, 0.2) is 82.8 Å². The van der Waals surface area contributed by atoms with Crippen molar-refractivity contribution in [2.45, 2.75) is 12.5 Å². The van der Waals surface area contributed by atoms with Crippen LogP contribution in [0.5, 0.6) is 0 Å².